The third kappa shape index (κ3) is 8.86. The van der Waals surface area contributed by atoms with Gasteiger partial charge in [0.1, 0.15) is 17.9 Å². The van der Waals surface area contributed by atoms with E-state index in [-0.39, 0.29) is 17.0 Å². The lowest BCUT2D eigenvalue weighted by Crippen LogP contribution is -2.51. The molecular formula is C30H42N5O15P. The van der Waals surface area contributed by atoms with Crippen molar-refractivity contribution in [3.63, 3.8) is 0 Å². The monoisotopic (exact) mass is 743 g/mol. The Balaban J connectivity index is 2.11. The maximum Gasteiger partial charge on any atom is 0.510 e. The number of aliphatic carboxylic acids is 2. The zero-order chi connectivity index (χ0) is 38.5. The molecule has 20 nitrogen and oxygen atoms in total. The first-order chi connectivity index (χ1) is 23.6. The summed E-state index contributed by atoms with van der Waals surface area (Å²) in [6, 6.07) is 4.96. The van der Waals surface area contributed by atoms with Crippen molar-refractivity contribution in [2.45, 2.75) is 79.3 Å². The number of rotatable bonds is 16. The highest BCUT2D eigenvalue weighted by atomic mass is 31.2. The summed E-state index contributed by atoms with van der Waals surface area (Å²) in [5.74, 6) is -5.61. The number of nitrogens with two attached hydrogens (primary N) is 1. The molecule has 3 rings (SSSR count). The van der Waals surface area contributed by atoms with E-state index in [9.17, 15) is 39.2 Å². The number of nitrogens with zero attached hydrogens (tertiary/aromatic N) is 4. The van der Waals surface area contributed by atoms with E-state index in [1.807, 2.05) is 0 Å². The minimum atomic E-state index is -4.93. The zero-order valence-corrected chi connectivity index (χ0v) is 30.1. The molecule has 0 aliphatic carbocycles. The Morgan fingerprint density at radius 2 is 1.51 bits per heavy atom. The highest BCUT2D eigenvalue weighted by Crippen LogP contribution is 2.61. The number of nitriles is 1. The second-order valence-corrected chi connectivity index (χ2v) is 14.7. The topological polar surface area (TPSA) is 280 Å². The highest BCUT2D eigenvalue weighted by Gasteiger charge is 2.68. The minimum Gasteiger partial charge on any atom is -0.481 e. The number of nitrogen functional groups attached to an aromatic ring is 1. The van der Waals surface area contributed by atoms with Crippen molar-refractivity contribution in [1.82, 2.24) is 14.6 Å². The van der Waals surface area contributed by atoms with Gasteiger partial charge in [-0.1, -0.05) is 0 Å². The van der Waals surface area contributed by atoms with E-state index in [0.29, 0.717) is 0 Å². The Hall–Kier alpha value is -4.54. The van der Waals surface area contributed by atoms with Crippen molar-refractivity contribution in [3.05, 3.63) is 24.2 Å². The Kier molecular flexibility index (Phi) is 12.7. The molecule has 1 aliphatic rings. The lowest BCUT2D eigenvalue weighted by atomic mass is 9.57. The third-order valence-electron chi connectivity index (χ3n) is 8.11. The van der Waals surface area contributed by atoms with Crippen LogP contribution in [0.5, 0.6) is 0 Å². The number of carbonyl (C=O) groups is 4. The van der Waals surface area contributed by atoms with Gasteiger partial charge in [-0.15, -0.1) is 0 Å². The van der Waals surface area contributed by atoms with E-state index < -0.39 is 98.8 Å². The van der Waals surface area contributed by atoms with E-state index in [1.54, 1.807) is 27.7 Å². The zero-order valence-electron chi connectivity index (χ0n) is 29.3. The first-order valence-electron chi connectivity index (χ1n) is 15.5. The molecule has 1 fully saturated rings. The number of hydrogen-bond donors (Lipinski definition) is 3. The van der Waals surface area contributed by atoms with Gasteiger partial charge >= 0.3 is 32.1 Å². The Morgan fingerprint density at radius 1 is 0.980 bits per heavy atom. The molecule has 2 aromatic heterocycles. The molecule has 0 radical (unpaired) electrons. The summed E-state index contributed by atoms with van der Waals surface area (Å²) >= 11 is 0. The second kappa shape index (κ2) is 15.8. The minimum absolute atomic E-state index is 0.00748. The quantitative estimate of drug-likeness (QED) is 0.124. The number of carboxylic acid groups (broad SMARTS) is 2. The average molecular weight is 744 g/mol. The van der Waals surface area contributed by atoms with Gasteiger partial charge < -0.3 is 39.6 Å². The number of hydrogen-bond acceptors (Lipinski definition) is 17. The van der Waals surface area contributed by atoms with Gasteiger partial charge in [-0.05, 0) is 67.5 Å². The molecule has 0 bridgehead atoms. The molecule has 51 heavy (non-hydrogen) atoms. The van der Waals surface area contributed by atoms with Gasteiger partial charge in [0.2, 0.25) is 19.2 Å². The van der Waals surface area contributed by atoms with Crippen LogP contribution in [0.15, 0.2) is 18.5 Å². The first-order valence-corrected chi connectivity index (χ1v) is 16.9. The molecule has 0 saturated carbocycles. The van der Waals surface area contributed by atoms with Crippen LogP contribution in [0.2, 0.25) is 0 Å². The molecule has 0 spiro atoms. The van der Waals surface area contributed by atoms with Crippen molar-refractivity contribution in [3.8, 4) is 6.07 Å². The molecular weight excluding hydrogens is 701 g/mol. The van der Waals surface area contributed by atoms with Crippen LogP contribution in [0.25, 0.3) is 5.52 Å². The maximum absolute atomic E-state index is 13.8. The van der Waals surface area contributed by atoms with Crippen LogP contribution >= 0.6 is 7.82 Å². The predicted molar refractivity (Wildman–Crippen MR) is 170 cm³/mol. The summed E-state index contributed by atoms with van der Waals surface area (Å²) < 4.78 is 56.4. The van der Waals surface area contributed by atoms with Gasteiger partial charge in [0.15, 0.2) is 5.82 Å². The van der Waals surface area contributed by atoms with Crippen molar-refractivity contribution in [2.24, 2.45) is 22.7 Å². The molecule has 1 aliphatic heterocycles. The first kappa shape index (κ1) is 40.9. The van der Waals surface area contributed by atoms with Crippen molar-refractivity contribution < 1.29 is 71.2 Å². The molecule has 0 amide bonds. The standard InChI is InChI=1S/C30H42N5O15P/c1-16(2)48-26(40)43-14-46-51(42,47-15-44-27(41)49-17(3)4)45-11-19-21(28(5,6)24(36)37)22(29(7,8)25(38)39)30(12-31,50-19)20-10-9-18-23(32)33-13-34-35(18)20/h9-10,13,16-17,19,21-22H,11,14-15H2,1-8H3,(H,36,37)(H,38,39)(H2,32,33,34)/t19-,21+,22+,30-/m0/s1. The van der Waals surface area contributed by atoms with Gasteiger partial charge in [0, 0.05) is 11.8 Å². The normalized spacial score (nSPS) is 21.0. The molecule has 4 N–H and O–H groups in total. The molecule has 21 heteroatoms. The fraction of sp³-hybridized carbons (Fsp3) is 0.633. The fourth-order valence-corrected chi connectivity index (χ4v) is 6.64. The molecule has 2 aromatic rings. The average Bonchev–Trinajstić information content (AvgIpc) is 3.61. The van der Waals surface area contributed by atoms with E-state index in [1.165, 1.54) is 44.3 Å². The van der Waals surface area contributed by atoms with E-state index >= 15 is 0 Å². The number of fused-ring (bicyclic) bond motifs is 1. The van der Waals surface area contributed by atoms with Crippen molar-refractivity contribution >= 4 is 43.4 Å². The summed E-state index contributed by atoms with van der Waals surface area (Å²) in [6.07, 6.45) is -3.96. The number of phosphoric acid groups is 1. The summed E-state index contributed by atoms with van der Waals surface area (Å²) in [7, 11) is -4.93. The molecule has 3 heterocycles. The Labute approximate surface area is 292 Å². The van der Waals surface area contributed by atoms with Crippen LogP contribution < -0.4 is 5.73 Å². The molecule has 0 aromatic carbocycles. The summed E-state index contributed by atoms with van der Waals surface area (Å²) in [4.78, 5) is 53.4. The molecule has 4 atom stereocenters. The number of carbonyl (C=O) groups excluding carboxylic acids is 2. The van der Waals surface area contributed by atoms with E-state index in [4.69, 9.17) is 43.0 Å². The van der Waals surface area contributed by atoms with E-state index in [0.717, 1.165) is 6.33 Å². The van der Waals surface area contributed by atoms with Crippen LogP contribution in [-0.2, 0) is 57.0 Å². The maximum atomic E-state index is 13.8. The largest absolute Gasteiger partial charge is 0.510 e. The predicted octanol–water partition coefficient (Wildman–Crippen LogP) is 4.08. The van der Waals surface area contributed by atoms with Gasteiger partial charge in [0.05, 0.1) is 41.4 Å². The van der Waals surface area contributed by atoms with Gasteiger partial charge in [-0.25, -0.2) is 32.7 Å². The molecule has 282 valence electrons. The van der Waals surface area contributed by atoms with Crippen LogP contribution in [0.4, 0.5) is 15.4 Å². The van der Waals surface area contributed by atoms with E-state index in [2.05, 4.69) is 16.2 Å². The number of ether oxygens (including phenoxy) is 5. The fourth-order valence-electron chi connectivity index (χ4n) is 5.72. The number of phosphoric ester groups is 1. The van der Waals surface area contributed by atoms with Crippen LogP contribution in [-0.4, -0.2) is 87.6 Å². The summed E-state index contributed by atoms with van der Waals surface area (Å²) in [5.41, 5.74) is 0.281. The third-order valence-corrected chi connectivity index (χ3v) is 9.42. The van der Waals surface area contributed by atoms with Gasteiger partial charge in [0.25, 0.3) is 0 Å². The highest BCUT2D eigenvalue weighted by molar-refractivity contribution is 7.48. The second-order valence-electron chi connectivity index (χ2n) is 13.1. The van der Waals surface area contributed by atoms with Crippen molar-refractivity contribution in [2.75, 3.05) is 25.9 Å². The number of carboxylic acids is 2. The number of aromatic nitrogens is 3. The molecule has 0 unspecified atom stereocenters. The lowest BCUT2D eigenvalue weighted by Gasteiger charge is -2.42. The SMILES string of the molecule is CC(C)OC(=O)OCOP(=O)(OCOC(=O)OC(C)C)OC[C@@H]1O[C@@](C#N)(c2ccc3c(N)ncnn23)[C@@H](C(C)(C)C(=O)O)[C@@H]1C(C)(C)C(=O)O. The lowest BCUT2D eigenvalue weighted by molar-refractivity contribution is -0.161. The Bertz CT molecular complexity index is 1670. The van der Waals surface area contributed by atoms with Gasteiger partial charge in [-0.3, -0.25) is 14.1 Å². The Morgan fingerprint density at radius 3 is 1.98 bits per heavy atom. The van der Waals surface area contributed by atoms with Crippen LogP contribution in [0.1, 0.15) is 61.1 Å². The smallest absolute Gasteiger partial charge is 0.481 e. The van der Waals surface area contributed by atoms with Crippen LogP contribution in [0.3, 0.4) is 0 Å². The van der Waals surface area contributed by atoms with Crippen molar-refractivity contribution in [1.29, 1.82) is 5.26 Å². The molecule has 1 saturated heterocycles. The van der Waals surface area contributed by atoms with Crippen LogP contribution in [0, 0.1) is 34.0 Å². The number of anilines is 1. The summed E-state index contributed by atoms with van der Waals surface area (Å²) in [5, 5.41) is 35.9. The van der Waals surface area contributed by atoms with Gasteiger partial charge in [-0.2, -0.15) is 10.4 Å². The summed E-state index contributed by atoms with van der Waals surface area (Å²) in [6.45, 7) is 8.44.